The zero-order valence-corrected chi connectivity index (χ0v) is 11.5. The largest absolute Gasteiger partial charge is 0.495 e. The van der Waals surface area contributed by atoms with Gasteiger partial charge in [0, 0.05) is 19.2 Å². The number of nitrogens with zero attached hydrogens (tertiary/aromatic N) is 2. The average Bonchev–Trinajstić information content (AvgIpc) is 2.73. The van der Waals surface area contributed by atoms with Crippen LogP contribution in [0, 0.1) is 6.92 Å². The number of aromatic nitrogens is 2. The average molecular weight is 266 g/mol. The van der Waals surface area contributed by atoms with Gasteiger partial charge in [-0.15, -0.1) is 0 Å². The van der Waals surface area contributed by atoms with E-state index in [9.17, 15) is 0 Å². The van der Waals surface area contributed by atoms with Gasteiger partial charge in [0.25, 0.3) is 0 Å². The SMILES string of the molecule is COc1cc(C)c(-c2cc(CN)nn2C)cc1Cl. The first kappa shape index (κ1) is 12.9. The fourth-order valence-electron chi connectivity index (χ4n) is 1.97. The minimum atomic E-state index is 0.427. The van der Waals surface area contributed by atoms with Gasteiger partial charge < -0.3 is 10.5 Å². The van der Waals surface area contributed by atoms with E-state index in [4.69, 9.17) is 22.1 Å². The van der Waals surface area contributed by atoms with Crippen LogP contribution in [0.3, 0.4) is 0 Å². The molecule has 0 atom stereocenters. The van der Waals surface area contributed by atoms with Crippen molar-refractivity contribution in [3.63, 3.8) is 0 Å². The van der Waals surface area contributed by atoms with Crippen molar-refractivity contribution in [3.05, 3.63) is 34.5 Å². The zero-order chi connectivity index (χ0) is 13.3. The van der Waals surface area contributed by atoms with Crippen molar-refractivity contribution >= 4 is 11.6 Å². The summed E-state index contributed by atoms with van der Waals surface area (Å²) in [7, 11) is 3.50. The van der Waals surface area contributed by atoms with Gasteiger partial charge in [-0.3, -0.25) is 4.68 Å². The Labute approximate surface area is 111 Å². The molecule has 18 heavy (non-hydrogen) atoms. The number of benzene rings is 1. The van der Waals surface area contributed by atoms with E-state index >= 15 is 0 Å². The van der Waals surface area contributed by atoms with Gasteiger partial charge in [-0.2, -0.15) is 5.10 Å². The molecule has 0 unspecified atom stereocenters. The van der Waals surface area contributed by atoms with Crippen LogP contribution in [0.15, 0.2) is 18.2 Å². The normalized spacial score (nSPS) is 10.7. The summed E-state index contributed by atoms with van der Waals surface area (Å²) in [5, 5.41) is 4.93. The molecular formula is C13H16ClN3O. The summed E-state index contributed by atoms with van der Waals surface area (Å²) in [5.41, 5.74) is 9.58. The highest BCUT2D eigenvalue weighted by atomic mass is 35.5. The van der Waals surface area contributed by atoms with Crippen LogP contribution in [0.4, 0.5) is 0 Å². The number of rotatable bonds is 3. The Kier molecular flexibility index (Phi) is 3.59. The fraction of sp³-hybridized carbons (Fsp3) is 0.308. The quantitative estimate of drug-likeness (QED) is 0.928. The van der Waals surface area contributed by atoms with Gasteiger partial charge in [0.2, 0.25) is 0 Å². The Morgan fingerprint density at radius 2 is 2.11 bits per heavy atom. The summed E-state index contributed by atoms with van der Waals surface area (Å²) in [6.45, 7) is 2.44. The highest BCUT2D eigenvalue weighted by Gasteiger charge is 2.12. The number of hydrogen-bond donors (Lipinski definition) is 1. The molecule has 0 saturated heterocycles. The lowest BCUT2D eigenvalue weighted by Gasteiger charge is -2.10. The molecule has 2 aromatic rings. The zero-order valence-electron chi connectivity index (χ0n) is 10.7. The van der Waals surface area contributed by atoms with Crippen molar-refractivity contribution in [2.75, 3.05) is 7.11 Å². The van der Waals surface area contributed by atoms with Crippen molar-refractivity contribution in [2.24, 2.45) is 12.8 Å². The van der Waals surface area contributed by atoms with Gasteiger partial charge in [-0.05, 0) is 30.7 Å². The van der Waals surface area contributed by atoms with Gasteiger partial charge in [-0.1, -0.05) is 11.6 Å². The summed E-state index contributed by atoms with van der Waals surface area (Å²) in [5.74, 6) is 0.680. The first-order chi connectivity index (χ1) is 8.56. The molecule has 4 nitrogen and oxygen atoms in total. The second kappa shape index (κ2) is 5.00. The molecule has 1 heterocycles. The van der Waals surface area contributed by atoms with Gasteiger partial charge in [0.05, 0.1) is 23.5 Å². The first-order valence-electron chi connectivity index (χ1n) is 5.64. The van der Waals surface area contributed by atoms with Crippen LogP contribution in [0.25, 0.3) is 11.3 Å². The van der Waals surface area contributed by atoms with Crippen LogP contribution < -0.4 is 10.5 Å². The summed E-state index contributed by atoms with van der Waals surface area (Å²) in [4.78, 5) is 0. The third kappa shape index (κ3) is 2.21. The van der Waals surface area contributed by atoms with Crippen molar-refractivity contribution < 1.29 is 4.74 Å². The minimum Gasteiger partial charge on any atom is -0.495 e. The number of ether oxygens (including phenoxy) is 1. The van der Waals surface area contributed by atoms with E-state index in [1.165, 1.54) is 0 Å². The summed E-state index contributed by atoms with van der Waals surface area (Å²) in [6.07, 6.45) is 0. The molecule has 1 aromatic carbocycles. The molecule has 0 amide bonds. The van der Waals surface area contributed by atoms with Gasteiger partial charge in [0.15, 0.2) is 0 Å². The van der Waals surface area contributed by atoms with Gasteiger partial charge in [0.1, 0.15) is 5.75 Å². The van der Waals surface area contributed by atoms with Crippen LogP contribution in [0.5, 0.6) is 5.75 Å². The van der Waals surface area contributed by atoms with Crippen molar-refractivity contribution in [1.29, 1.82) is 0 Å². The van der Waals surface area contributed by atoms with E-state index in [1.54, 1.807) is 7.11 Å². The molecule has 0 spiro atoms. The lowest BCUT2D eigenvalue weighted by molar-refractivity contribution is 0.415. The standard InChI is InChI=1S/C13H16ClN3O/c1-8-4-13(18-3)11(14)6-10(8)12-5-9(7-15)16-17(12)2/h4-6H,7,15H2,1-3H3. The second-order valence-corrected chi connectivity index (χ2v) is 4.56. The second-order valence-electron chi connectivity index (χ2n) is 4.15. The molecule has 0 aliphatic heterocycles. The molecule has 0 radical (unpaired) electrons. The number of methoxy groups -OCH3 is 1. The van der Waals surface area contributed by atoms with Crippen molar-refractivity contribution in [1.82, 2.24) is 9.78 Å². The lowest BCUT2D eigenvalue weighted by atomic mass is 10.0. The maximum Gasteiger partial charge on any atom is 0.137 e. The number of halogens is 1. The molecular weight excluding hydrogens is 250 g/mol. The molecule has 1 aromatic heterocycles. The lowest BCUT2D eigenvalue weighted by Crippen LogP contribution is -1.99. The Hall–Kier alpha value is -1.52. The summed E-state index contributed by atoms with van der Waals surface area (Å²) in [6, 6.07) is 5.80. The molecule has 2 rings (SSSR count). The van der Waals surface area contributed by atoms with Crippen LogP contribution in [0.2, 0.25) is 5.02 Å². The Balaban J connectivity index is 2.56. The first-order valence-corrected chi connectivity index (χ1v) is 6.02. The van der Waals surface area contributed by atoms with Crippen molar-refractivity contribution in [3.8, 4) is 17.0 Å². The van der Waals surface area contributed by atoms with E-state index in [0.717, 1.165) is 22.5 Å². The monoisotopic (exact) mass is 265 g/mol. The maximum absolute atomic E-state index is 6.17. The number of hydrogen-bond acceptors (Lipinski definition) is 3. The molecule has 5 heteroatoms. The third-order valence-corrected chi connectivity index (χ3v) is 3.21. The van der Waals surface area contributed by atoms with Gasteiger partial charge >= 0.3 is 0 Å². The van der Waals surface area contributed by atoms with E-state index < -0.39 is 0 Å². The van der Waals surface area contributed by atoms with E-state index in [-0.39, 0.29) is 0 Å². The van der Waals surface area contributed by atoms with E-state index in [1.807, 2.05) is 36.9 Å². The predicted molar refractivity (Wildman–Crippen MR) is 72.8 cm³/mol. The van der Waals surface area contributed by atoms with Crippen LogP contribution in [0.1, 0.15) is 11.3 Å². The predicted octanol–water partition coefficient (Wildman–Crippen LogP) is 2.52. The molecule has 0 fully saturated rings. The van der Waals surface area contributed by atoms with Crippen LogP contribution >= 0.6 is 11.6 Å². The molecule has 0 aliphatic rings. The number of nitrogens with two attached hydrogens (primary N) is 1. The Bertz CT molecular complexity index is 578. The highest BCUT2D eigenvalue weighted by Crippen LogP contribution is 2.33. The Morgan fingerprint density at radius 1 is 1.39 bits per heavy atom. The van der Waals surface area contributed by atoms with E-state index in [0.29, 0.717) is 17.3 Å². The third-order valence-electron chi connectivity index (χ3n) is 2.91. The van der Waals surface area contributed by atoms with Crippen LogP contribution in [-0.4, -0.2) is 16.9 Å². The molecule has 2 N–H and O–H groups in total. The fourth-order valence-corrected chi connectivity index (χ4v) is 2.21. The minimum absolute atomic E-state index is 0.427. The summed E-state index contributed by atoms with van der Waals surface area (Å²) >= 11 is 6.17. The highest BCUT2D eigenvalue weighted by molar-refractivity contribution is 6.32. The summed E-state index contributed by atoms with van der Waals surface area (Å²) < 4.78 is 7.01. The molecule has 0 aliphatic carbocycles. The maximum atomic E-state index is 6.17. The smallest absolute Gasteiger partial charge is 0.137 e. The molecule has 96 valence electrons. The Morgan fingerprint density at radius 3 is 2.67 bits per heavy atom. The number of aryl methyl sites for hydroxylation is 2. The van der Waals surface area contributed by atoms with Crippen LogP contribution in [-0.2, 0) is 13.6 Å². The van der Waals surface area contributed by atoms with Crippen molar-refractivity contribution in [2.45, 2.75) is 13.5 Å². The van der Waals surface area contributed by atoms with E-state index in [2.05, 4.69) is 5.10 Å². The molecule has 0 saturated carbocycles. The van der Waals surface area contributed by atoms with Gasteiger partial charge in [-0.25, -0.2) is 0 Å². The molecule has 0 bridgehead atoms. The topological polar surface area (TPSA) is 53.1 Å².